The third kappa shape index (κ3) is 4.68. The van der Waals surface area contributed by atoms with E-state index in [1.165, 1.54) is 12.8 Å². The predicted molar refractivity (Wildman–Crippen MR) is 84.7 cm³/mol. The maximum absolute atomic E-state index is 6.34. The fourth-order valence-electron chi connectivity index (χ4n) is 2.72. The molecule has 1 unspecified atom stereocenters. The Labute approximate surface area is 132 Å². The largest absolute Gasteiger partial charge is 0.381 e. The molecule has 21 heavy (non-hydrogen) atoms. The maximum atomic E-state index is 6.34. The molecule has 116 valence electrons. The summed E-state index contributed by atoms with van der Waals surface area (Å²) in [5.74, 6) is 0.615. The molecule has 1 heterocycles. The average Bonchev–Trinajstić information content (AvgIpc) is 3.34. The molecule has 1 aromatic carbocycles. The van der Waals surface area contributed by atoms with Crippen LogP contribution in [-0.4, -0.2) is 32.4 Å². The smallest absolute Gasteiger partial charge is 0.0963 e. The van der Waals surface area contributed by atoms with Crippen LogP contribution in [0.5, 0.6) is 0 Å². The fraction of sp³-hybridized carbons (Fsp3) is 0.647. The molecular weight excluding hydrogens is 286 g/mol. The molecule has 0 bridgehead atoms. The Morgan fingerprint density at radius 3 is 2.67 bits per heavy atom. The Balaban J connectivity index is 1.59. The lowest BCUT2D eigenvalue weighted by Crippen LogP contribution is -2.28. The molecule has 4 heteroatoms. The third-order valence-electron chi connectivity index (χ3n) is 4.30. The SMILES string of the molecule is Clc1ccccc1C(CNC1CC1)OCC1CCOCC1. The van der Waals surface area contributed by atoms with Gasteiger partial charge in [0.1, 0.15) is 0 Å². The zero-order valence-corrected chi connectivity index (χ0v) is 13.1. The molecule has 2 aliphatic rings. The van der Waals surface area contributed by atoms with Gasteiger partial charge in [0.25, 0.3) is 0 Å². The maximum Gasteiger partial charge on any atom is 0.0963 e. The summed E-state index contributed by atoms with van der Waals surface area (Å²) in [6.45, 7) is 3.37. The van der Waals surface area contributed by atoms with E-state index in [-0.39, 0.29) is 6.10 Å². The van der Waals surface area contributed by atoms with Gasteiger partial charge in [-0.15, -0.1) is 0 Å². The standard InChI is InChI=1S/C17H24ClNO2/c18-16-4-2-1-3-15(16)17(11-19-14-5-6-14)21-12-13-7-9-20-10-8-13/h1-4,13-14,17,19H,5-12H2. The van der Waals surface area contributed by atoms with Gasteiger partial charge in [0.15, 0.2) is 0 Å². The lowest BCUT2D eigenvalue weighted by Gasteiger charge is -2.26. The van der Waals surface area contributed by atoms with Gasteiger partial charge < -0.3 is 14.8 Å². The van der Waals surface area contributed by atoms with E-state index in [9.17, 15) is 0 Å². The van der Waals surface area contributed by atoms with Gasteiger partial charge in [0.05, 0.1) is 12.7 Å². The number of rotatable bonds is 7. The van der Waals surface area contributed by atoms with E-state index in [2.05, 4.69) is 11.4 Å². The van der Waals surface area contributed by atoms with Crippen molar-refractivity contribution in [2.24, 2.45) is 5.92 Å². The monoisotopic (exact) mass is 309 g/mol. The van der Waals surface area contributed by atoms with Crippen LogP contribution >= 0.6 is 11.6 Å². The van der Waals surface area contributed by atoms with Gasteiger partial charge in [0, 0.05) is 36.4 Å². The zero-order chi connectivity index (χ0) is 14.5. The van der Waals surface area contributed by atoms with Crippen LogP contribution in [0.25, 0.3) is 0 Å². The Bertz CT molecular complexity index is 444. The van der Waals surface area contributed by atoms with Crippen LogP contribution in [0.4, 0.5) is 0 Å². The Morgan fingerprint density at radius 1 is 1.19 bits per heavy atom. The Kier molecular flexibility index (Phi) is 5.53. The molecule has 0 amide bonds. The van der Waals surface area contributed by atoms with Crippen molar-refractivity contribution in [1.82, 2.24) is 5.32 Å². The van der Waals surface area contributed by atoms with Gasteiger partial charge >= 0.3 is 0 Å². The van der Waals surface area contributed by atoms with Crippen LogP contribution in [0.1, 0.15) is 37.4 Å². The number of benzene rings is 1. The number of ether oxygens (including phenoxy) is 2. The van der Waals surface area contributed by atoms with Crippen LogP contribution in [0.3, 0.4) is 0 Å². The van der Waals surface area contributed by atoms with Crippen molar-refractivity contribution in [3.63, 3.8) is 0 Å². The lowest BCUT2D eigenvalue weighted by atomic mass is 10.0. The summed E-state index contributed by atoms with van der Waals surface area (Å²) < 4.78 is 11.6. The number of hydrogen-bond acceptors (Lipinski definition) is 3. The molecule has 1 aliphatic heterocycles. The molecule has 1 aromatic rings. The lowest BCUT2D eigenvalue weighted by molar-refractivity contribution is -0.0114. The molecule has 1 saturated carbocycles. The zero-order valence-electron chi connectivity index (χ0n) is 12.4. The summed E-state index contributed by atoms with van der Waals surface area (Å²) in [6, 6.07) is 8.70. The minimum Gasteiger partial charge on any atom is -0.381 e. The molecule has 1 aliphatic carbocycles. The molecule has 3 nitrogen and oxygen atoms in total. The van der Waals surface area contributed by atoms with Crippen molar-refractivity contribution in [2.45, 2.75) is 37.8 Å². The summed E-state index contributed by atoms with van der Waals surface area (Å²) in [4.78, 5) is 0. The first-order chi connectivity index (χ1) is 10.3. The van der Waals surface area contributed by atoms with Gasteiger partial charge in [-0.3, -0.25) is 0 Å². The Hall–Kier alpha value is -0.610. The average molecular weight is 310 g/mol. The number of hydrogen-bond donors (Lipinski definition) is 1. The molecule has 1 N–H and O–H groups in total. The van der Waals surface area contributed by atoms with E-state index >= 15 is 0 Å². The highest BCUT2D eigenvalue weighted by atomic mass is 35.5. The van der Waals surface area contributed by atoms with Crippen LogP contribution < -0.4 is 5.32 Å². The van der Waals surface area contributed by atoms with Crippen molar-refractivity contribution in [3.8, 4) is 0 Å². The molecule has 3 rings (SSSR count). The van der Waals surface area contributed by atoms with E-state index in [0.29, 0.717) is 12.0 Å². The summed E-state index contributed by atoms with van der Waals surface area (Å²) >= 11 is 6.34. The first kappa shape index (κ1) is 15.3. The third-order valence-corrected chi connectivity index (χ3v) is 4.64. The van der Waals surface area contributed by atoms with E-state index in [1.807, 2.05) is 18.2 Å². The first-order valence-electron chi connectivity index (χ1n) is 8.00. The van der Waals surface area contributed by atoms with Crippen molar-refractivity contribution in [2.75, 3.05) is 26.4 Å². The Morgan fingerprint density at radius 2 is 1.95 bits per heavy atom. The summed E-state index contributed by atoms with van der Waals surface area (Å²) in [6.07, 6.45) is 4.82. The second-order valence-electron chi connectivity index (χ2n) is 6.08. The minimum atomic E-state index is 0.0437. The van der Waals surface area contributed by atoms with E-state index in [0.717, 1.165) is 49.8 Å². The fourth-order valence-corrected chi connectivity index (χ4v) is 2.98. The molecule has 1 saturated heterocycles. The summed E-state index contributed by atoms with van der Waals surface area (Å²) in [7, 11) is 0. The van der Waals surface area contributed by atoms with Gasteiger partial charge in [-0.2, -0.15) is 0 Å². The first-order valence-corrected chi connectivity index (χ1v) is 8.38. The second-order valence-corrected chi connectivity index (χ2v) is 6.49. The van der Waals surface area contributed by atoms with Gasteiger partial charge in [0.2, 0.25) is 0 Å². The van der Waals surface area contributed by atoms with Crippen molar-refractivity contribution < 1.29 is 9.47 Å². The molecule has 0 spiro atoms. The van der Waals surface area contributed by atoms with Crippen LogP contribution in [0.15, 0.2) is 24.3 Å². The van der Waals surface area contributed by atoms with E-state index in [1.54, 1.807) is 0 Å². The summed E-state index contributed by atoms with van der Waals surface area (Å²) in [5, 5.41) is 4.36. The normalized spacial score (nSPS) is 21.4. The van der Waals surface area contributed by atoms with Crippen molar-refractivity contribution in [3.05, 3.63) is 34.9 Å². The second kappa shape index (κ2) is 7.59. The van der Waals surface area contributed by atoms with Crippen LogP contribution in [0.2, 0.25) is 5.02 Å². The van der Waals surface area contributed by atoms with Crippen LogP contribution in [0, 0.1) is 5.92 Å². The number of halogens is 1. The van der Waals surface area contributed by atoms with E-state index < -0.39 is 0 Å². The highest BCUT2D eigenvalue weighted by molar-refractivity contribution is 6.31. The highest BCUT2D eigenvalue weighted by Gasteiger charge is 2.24. The molecule has 0 radical (unpaired) electrons. The topological polar surface area (TPSA) is 30.5 Å². The molecule has 0 aromatic heterocycles. The van der Waals surface area contributed by atoms with Crippen molar-refractivity contribution >= 4 is 11.6 Å². The van der Waals surface area contributed by atoms with Crippen LogP contribution in [-0.2, 0) is 9.47 Å². The van der Waals surface area contributed by atoms with Gasteiger partial charge in [-0.05, 0) is 37.7 Å². The number of nitrogens with one attached hydrogen (secondary N) is 1. The van der Waals surface area contributed by atoms with Crippen molar-refractivity contribution in [1.29, 1.82) is 0 Å². The minimum absolute atomic E-state index is 0.0437. The van der Waals surface area contributed by atoms with Gasteiger partial charge in [-0.25, -0.2) is 0 Å². The van der Waals surface area contributed by atoms with Gasteiger partial charge in [-0.1, -0.05) is 29.8 Å². The molecule has 2 fully saturated rings. The molecule has 1 atom stereocenters. The summed E-state index contributed by atoms with van der Waals surface area (Å²) in [5.41, 5.74) is 1.10. The quantitative estimate of drug-likeness (QED) is 0.835. The predicted octanol–water partition coefficient (Wildman–Crippen LogP) is 3.58. The highest BCUT2D eigenvalue weighted by Crippen LogP contribution is 2.28. The molecular formula is C17H24ClNO2. The van der Waals surface area contributed by atoms with E-state index in [4.69, 9.17) is 21.1 Å².